The number of allylic oxidation sites excluding steroid dienone is 2. The van der Waals surface area contributed by atoms with E-state index in [0.717, 1.165) is 49.3 Å². The standard InChI is InChI=1S/C18H26FN5O.C11H18N2O/c1-12-4-3-5-14(10-12)17(15-11-20-13(2)22-15)23-18(25)16-6-8-21-24(16)9-7-19;1-8(2)6-10(12)7-9-4-3-5-13-11(9)14/h6,8,11-12,14,17H,3-5,7,9-10H2,1-2H3,(H,20,22)(H,23,25);6,9,12H,3-5,7H2,1-2H3,(H,13,14). The van der Waals surface area contributed by atoms with Gasteiger partial charge in [-0.15, -0.1) is 0 Å². The Kier molecular flexibility index (Phi) is 11.4. The number of hydrogen-bond donors (Lipinski definition) is 4. The largest absolute Gasteiger partial charge is 0.356 e. The summed E-state index contributed by atoms with van der Waals surface area (Å²) in [5.74, 6) is 1.77. The van der Waals surface area contributed by atoms with Crippen LogP contribution >= 0.6 is 0 Å². The topological polar surface area (TPSA) is 129 Å². The van der Waals surface area contributed by atoms with Gasteiger partial charge in [0.25, 0.3) is 5.91 Å². The van der Waals surface area contributed by atoms with Crippen molar-refractivity contribution in [1.82, 2.24) is 30.4 Å². The van der Waals surface area contributed by atoms with Crippen LogP contribution in [0.4, 0.5) is 4.39 Å². The van der Waals surface area contributed by atoms with E-state index in [1.807, 2.05) is 26.8 Å². The van der Waals surface area contributed by atoms with Crippen molar-refractivity contribution in [1.29, 1.82) is 5.41 Å². The van der Waals surface area contributed by atoms with Crippen molar-refractivity contribution in [2.24, 2.45) is 17.8 Å². The van der Waals surface area contributed by atoms with Crippen molar-refractivity contribution >= 4 is 17.5 Å². The van der Waals surface area contributed by atoms with E-state index in [-0.39, 0.29) is 30.3 Å². The maximum atomic E-state index is 12.8. The molecule has 1 saturated carbocycles. The molecule has 4 unspecified atom stereocenters. The average Bonchev–Trinajstić information content (AvgIpc) is 3.53. The maximum Gasteiger partial charge on any atom is 0.270 e. The molecular weight excluding hydrogens is 497 g/mol. The van der Waals surface area contributed by atoms with E-state index in [4.69, 9.17) is 5.41 Å². The lowest BCUT2D eigenvalue weighted by atomic mass is 9.78. The number of aromatic amines is 1. The van der Waals surface area contributed by atoms with Crippen LogP contribution < -0.4 is 10.6 Å². The zero-order valence-corrected chi connectivity index (χ0v) is 23.7. The average molecular weight is 542 g/mol. The predicted molar refractivity (Wildman–Crippen MR) is 150 cm³/mol. The van der Waals surface area contributed by atoms with Crippen LogP contribution in [0, 0.1) is 30.1 Å². The van der Waals surface area contributed by atoms with E-state index in [9.17, 15) is 14.0 Å². The van der Waals surface area contributed by atoms with Gasteiger partial charge in [-0.25, -0.2) is 9.37 Å². The van der Waals surface area contributed by atoms with E-state index in [2.05, 4.69) is 32.6 Å². The third-order valence-electron chi connectivity index (χ3n) is 7.37. The Hall–Kier alpha value is -3.30. The molecule has 214 valence electrons. The Morgan fingerprint density at radius 2 is 2.10 bits per heavy atom. The fourth-order valence-electron chi connectivity index (χ4n) is 5.53. The van der Waals surface area contributed by atoms with Crippen molar-refractivity contribution < 1.29 is 14.0 Å². The molecule has 1 aliphatic carbocycles. The van der Waals surface area contributed by atoms with E-state index in [0.29, 0.717) is 29.7 Å². The Labute approximate surface area is 230 Å². The minimum Gasteiger partial charge on any atom is -0.356 e. The van der Waals surface area contributed by atoms with Gasteiger partial charge in [0.05, 0.1) is 24.5 Å². The van der Waals surface area contributed by atoms with Gasteiger partial charge in [-0.05, 0) is 70.4 Å². The number of rotatable bonds is 9. The fraction of sp³-hybridized carbons (Fsp3) is 0.621. The highest BCUT2D eigenvalue weighted by molar-refractivity contribution is 5.96. The molecule has 39 heavy (non-hydrogen) atoms. The molecule has 2 aromatic rings. The second-order valence-electron chi connectivity index (χ2n) is 11.1. The molecule has 0 radical (unpaired) electrons. The van der Waals surface area contributed by atoms with Crippen LogP contribution in [0.2, 0.25) is 0 Å². The minimum absolute atomic E-state index is 0.0202. The summed E-state index contributed by atoms with van der Waals surface area (Å²) in [5, 5.41) is 17.7. The van der Waals surface area contributed by atoms with Crippen LogP contribution in [-0.4, -0.2) is 50.5 Å². The molecule has 2 aromatic heterocycles. The van der Waals surface area contributed by atoms with Gasteiger partial charge < -0.3 is 21.0 Å². The van der Waals surface area contributed by atoms with E-state index >= 15 is 0 Å². The second-order valence-corrected chi connectivity index (χ2v) is 11.1. The molecule has 10 heteroatoms. The zero-order valence-electron chi connectivity index (χ0n) is 23.7. The summed E-state index contributed by atoms with van der Waals surface area (Å²) < 4.78 is 14.1. The van der Waals surface area contributed by atoms with Crippen molar-refractivity contribution in [2.45, 2.75) is 85.2 Å². The fourth-order valence-corrected chi connectivity index (χ4v) is 5.53. The van der Waals surface area contributed by atoms with Crippen molar-refractivity contribution in [3.63, 3.8) is 0 Å². The molecule has 9 nitrogen and oxygen atoms in total. The predicted octanol–water partition coefficient (Wildman–Crippen LogP) is 5.07. The van der Waals surface area contributed by atoms with Gasteiger partial charge in [0.15, 0.2) is 0 Å². The zero-order chi connectivity index (χ0) is 28.4. The summed E-state index contributed by atoms with van der Waals surface area (Å²) in [6.45, 7) is 8.44. The van der Waals surface area contributed by atoms with Gasteiger partial charge in [-0.3, -0.25) is 14.3 Å². The quantitative estimate of drug-likeness (QED) is 0.330. The number of aryl methyl sites for hydroxylation is 2. The van der Waals surface area contributed by atoms with Gasteiger partial charge in [0, 0.05) is 30.8 Å². The third kappa shape index (κ3) is 9.14. The molecule has 4 atom stereocenters. The molecule has 2 fully saturated rings. The van der Waals surface area contributed by atoms with Crippen LogP contribution in [0.25, 0.3) is 0 Å². The van der Waals surface area contributed by atoms with E-state index in [1.54, 1.807) is 12.3 Å². The molecule has 0 bridgehead atoms. The van der Waals surface area contributed by atoms with Crippen LogP contribution in [0.1, 0.15) is 93.8 Å². The Morgan fingerprint density at radius 1 is 1.31 bits per heavy atom. The first-order valence-electron chi connectivity index (χ1n) is 14.1. The van der Waals surface area contributed by atoms with Crippen LogP contribution in [0.15, 0.2) is 30.1 Å². The molecule has 1 aliphatic heterocycles. The SMILES string of the molecule is CC(C)=CC(=N)CC1CCCNC1=O.Cc1ncc(C(NC(=O)c2ccnn2CCF)C2CCCC(C)C2)[nH]1. The molecule has 0 aromatic carbocycles. The van der Waals surface area contributed by atoms with Crippen LogP contribution in [-0.2, 0) is 11.3 Å². The maximum absolute atomic E-state index is 12.8. The number of carbonyl (C=O) groups excluding carboxylic acids is 2. The number of halogens is 1. The summed E-state index contributed by atoms with van der Waals surface area (Å²) >= 11 is 0. The lowest BCUT2D eigenvalue weighted by Gasteiger charge is -2.33. The highest BCUT2D eigenvalue weighted by Gasteiger charge is 2.31. The molecule has 1 saturated heterocycles. The smallest absolute Gasteiger partial charge is 0.270 e. The lowest BCUT2D eigenvalue weighted by molar-refractivity contribution is -0.126. The molecule has 3 heterocycles. The number of nitrogens with one attached hydrogen (secondary N) is 4. The Balaban J connectivity index is 0.000000255. The van der Waals surface area contributed by atoms with Crippen molar-refractivity contribution in [3.05, 3.63) is 47.3 Å². The number of aromatic nitrogens is 4. The highest BCUT2D eigenvalue weighted by atomic mass is 19.1. The van der Waals surface area contributed by atoms with E-state index in [1.165, 1.54) is 23.7 Å². The van der Waals surface area contributed by atoms with Crippen molar-refractivity contribution in [2.75, 3.05) is 13.2 Å². The molecular formula is C29H44FN7O2. The first-order chi connectivity index (χ1) is 18.7. The lowest BCUT2D eigenvalue weighted by Crippen LogP contribution is -2.37. The minimum atomic E-state index is -0.550. The highest BCUT2D eigenvalue weighted by Crippen LogP contribution is 2.36. The van der Waals surface area contributed by atoms with Gasteiger partial charge in [0.2, 0.25) is 5.91 Å². The third-order valence-corrected chi connectivity index (χ3v) is 7.37. The number of hydrogen-bond acceptors (Lipinski definition) is 5. The van der Waals surface area contributed by atoms with Gasteiger partial charge in [0.1, 0.15) is 18.2 Å². The molecule has 0 spiro atoms. The van der Waals surface area contributed by atoms with Gasteiger partial charge >= 0.3 is 0 Å². The summed E-state index contributed by atoms with van der Waals surface area (Å²) in [7, 11) is 0. The molecule has 4 rings (SSSR count). The summed E-state index contributed by atoms with van der Waals surface area (Å²) in [6.07, 6.45) is 12.3. The Bertz CT molecular complexity index is 1130. The van der Waals surface area contributed by atoms with Crippen LogP contribution in [0.5, 0.6) is 0 Å². The number of imidazole rings is 1. The number of H-pyrrole nitrogens is 1. The summed E-state index contributed by atoms with van der Waals surface area (Å²) in [5.41, 5.74) is 3.00. The van der Waals surface area contributed by atoms with Crippen molar-refractivity contribution in [3.8, 4) is 0 Å². The van der Waals surface area contributed by atoms with E-state index < -0.39 is 6.67 Å². The first kappa shape index (κ1) is 30.2. The molecule has 2 amide bonds. The number of amides is 2. The number of alkyl halides is 1. The summed E-state index contributed by atoms with van der Waals surface area (Å²) in [6, 6.07) is 1.51. The van der Waals surface area contributed by atoms with Crippen LogP contribution in [0.3, 0.4) is 0 Å². The van der Waals surface area contributed by atoms with Gasteiger partial charge in [-0.1, -0.05) is 25.3 Å². The molecule has 2 aliphatic rings. The Morgan fingerprint density at radius 3 is 2.74 bits per heavy atom. The van der Waals surface area contributed by atoms with Gasteiger partial charge in [-0.2, -0.15) is 5.10 Å². The normalized spacial score (nSPS) is 21.7. The summed E-state index contributed by atoms with van der Waals surface area (Å²) in [4.78, 5) is 31.7. The number of piperidine rings is 1. The monoisotopic (exact) mass is 541 g/mol. The first-order valence-corrected chi connectivity index (χ1v) is 14.1. The number of nitrogens with zero attached hydrogens (tertiary/aromatic N) is 3. The second kappa shape index (κ2) is 14.7. The molecule has 4 N–H and O–H groups in total. The number of carbonyl (C=O) groups is 2.